The van der Waals surface area contributed by atoms with Gasteiger partial charge in [-0.05, 0) is 30.9 Å². The topological polar surface area (TPSA) is 49.4 Å². The van der Waals surface area contributed by atoms with Crippen LogP contribution in [-0.4, -0.2) is 42.0 Å². The molecule has 0 atom stereocenters. The van der Waals surface area contributed by atoms with Crippen molar-refractivity contribution < 1.29 is 22.8 Å². The Hall–Kier alpha value is -1.76. The smallest absolute Gasteiger partial charge is 0.345 e. The van der Waals surface area contributed by atoms with Gasteiger partial charge in [-0.25, -0.2) is 0 Å². The highest BCUT2D eigenvalue weighted by molar-refractivity contribution is 6.31. The van der Waals surface area contributed by atoms with Crippen molar-refractivity contribution in [2.75, 3.05) is 13.1 Å². The van der Waals surface area contributed by atoms with E-state index < -0.39 is 18.1 Å². The highest BCUT2D eigenvalue weighted by Crippen LogP contribution is 2.19. The molecule has 1 saturated heterocycles. The van der Waals surface area contributed by atoms with Crippen LogP contribution < -0.4 is 5.32 Å². The summed E-state index contributed by atoms with van der Waals surface area (Å²) in [6.07, 6.45) is -3.42. The Morgan fingerprint density at radius 1 is 1.21 bits per heavy atom. The molecular formula is C16H18ClF3N2O2. The SMILES string of the molecule is O=C(CCc1ccccc1Cl)N1CCC(NC(=O)C(F)(F)F)CC1. The second-order valence-electron chi connectivity index (χ2n) is 5.72. The number of likely N-dealkylation sites (tertiary alicyclic amines) is 1. The predicted octanol–water partition coefficient (Wildman–Crippen LogP) is 2.94. The van der Waals surface area contributed by atoms with Crippen LogP contribution in [0, 0.1) is 0 Å². The number of alkyl halides is 3. The van der Waals surface area contributed by atoms with Crippen LogP contribution in [0.3, 0.4) is 0 Å². The third kappa shape index (κ3) is 5.12. The Morgan fingerprint density at radius 2 is 1.83 bits per heavy atom. The zero-order valence-corrected chi connectivity index (χ0v) is 13.7. The molecule has 8 heteroatoms. The van der Waals surface area contributed by atoms with E-state index in [0.29, 0.717) is 43.8 Å². The van der Waals surface area contributed by atoms with Crippen molar-refractivity contribution in [3.05, 3.63) is 34.9 Å². The minimum atomic E-state index is -4.87. The monoisotopic (exact) mass is 362 g/mol. The Labute approximate surface area is 143 Å². The maximum absolute atomic E-state index is 12.2. The molecule has 2 rings (SSSR count). The lowest BCUT2D eigenvalue weighted by atomic mass is 10.0. The quantitative estimate of drug-likeness (QED) is 0.895. The first-order valence-electron chi connectivity index (χ1n) is 7.66. The Kier molecular flexibility index (Phi) is 6.10. The third-order valence-electron chi connectivity index (χ3n) is 4.01. The summed E-state index contributed by atoms with van der Waals surface area (Å²) in [5.74, 6) is -1.98. The van der Waals surface area contributed by atoms with Gasteiger partial charge in [-0.15, -0.1) is 0 Å². The average Bonchev–Trinajstić information content (AvgIpc) is 2.53. The van der Waals surface area contributed by atoms with E-state index in [-0.39, 0.29) is 5.91 Å². The first-order chi connectivity index (χ1) is 11.3. The lowest BCUT2D eigenvalue weighted by molar-refractivity contribution is -0.174. The normalized spacial score (nSPS) is 16.1. The molecule has 1 aliphatic heterocycles. The average molecular weight is 363 g/mol. The van der Waals surface area contributed by atoms with Gasteiger partial charge in [-0.1, -0.05) is 29.8 Å². The summed E-state index contributed by atoms with van der Waals surface area (Å²) >= 11 is 6.04. The van der Waals surface area contributed by atoms with Gasteiger partial charge in [-0.3, -0.25) is 9.59 Å². The molecule has 0 unspecified atom stereocenters. The van der Waals surface area contributed by atoms with E-state index in [0.717, 1.165) is 5.56 Å². The Balaban J connectivity index is 1.77. The molecule has 0 radical (unpaired) electrons. The molecule has 0 spiro atoms. The fourth-order valence-electron chi connectivity index (χ4n) is 2.64. The van der Waals surface area contributed by atoms with Crippen LogP contribution in [0.25, 0.3) is 0 Å². The second-order valence-corrected chi connectivity index (χ2v) is 6.12. The van der Waals surface area contributed by atoms with Crippen LogP contribution in [-0.2, 0) is 16.0 Å². The van der Waals surface area contributed by atoms with E-state index in [1.54, 1.807) is 11.0 Å². The molecule has 24 heavy (non-hydrogen) atoms. The molecule has 1 aromatic carbocycles. The van der Waals surface area contributed by atoms with Gasteiger partial charge in [-0.2, -0.15) is 13.2 Å². The van der Waals surface area contributed by atoms with Gasteiger partial charge in [0, 0.05) is 30.6 Å². The molecule has 4 nitrogen and oxygen atoms in total. The van der Waals surface area contributed by atoms with Crippen LogP contribution in [0.15, 0.2) is 24.3 Å². The van der Waals surface area contributed by atoms with Crippen LogP contribution in [0.4, 0.5) is 13.2 Å². The number of rotatable bonds is 4. The zero-order valence-electron chi connectivity index (χ0n) is 12.9. The van der Waals surface area contributed by atoms with Crippen molar-refractivity contribution in [1.82, 2.24) is 10.2 Å². The van der Waals surface area contributed by atoms with Gasteiger partial charge in [0.2, 0.25) is 5.91 Å². The second kappa shape index (κ2) is 7.88. The molecule has 0 bridgehead atoms. The molecule has 1 fully saturated rings. The van der Waals surface area contributed by atoms with Crippen LogP contribution in [0.1, 0.15) is 24.8 Å². The molecule has 1 aliphatic rings. The van der Waals surface area contributed by atoms with E-state index in [4.69, 9.17) is 11.6 Å². The summed E-state index contributed by atoms with van der Waals surface area (Å²) in [6.45, 7) is 0.675. The third-order valence-corrected chi connectivity index (χ3v) is 4.38. The molecule has 0 saturated carbocycles. The number of carbonyl (C=O) groups is 2. The molecule has 1 heterocycles. The number of nitrogens with zero attached hydrogens (tertiary/aromatic N) is 1. The maximum atomic E-state index is 12.2. The maximum Gasteiger partial charge on any atom is 0.471 e. The van der Waals surface area contributed by atoms with Gasteiger partial charge in [0.1, 0.15) is 0 Å². The highest BCUT2D eigenvalue weighted by atomic mass is 35.5. The number of carbonyl (C=O) groups excluding carboxylic acids is 2. The lowest BCUT2D eigenvalue weighted by Gasteiger charge is -2.32. The van der Waals surface area contributed by atoms with Crippen molar-refractivity contribution >= 4 is 23.4 Å². The van der Waals surface area contributed by atoms with Crippen molar-refractivity contribution in [3.63, 3.8) is 0 Å². The molecule has 2 amide bonds. The fourth-order valence-corrected chi connectivity index (χ4v) is 2.87. The Bertz CT molecular complexity index is 599. The van der Waals surface area contributed by atoms with E-state index in [9.17, 15) is 22.8 Å². The van der Waals surface area contributed by atoms with Gasteiger partial charge in [0.25, 0.3) is 0 Å². The Morgan fingerprint density at radius 3 is 2.42 bits per heavy atom. The summed E-state index contributed by atoms with van der Waals surface area (Å²) in [6, 6.07) is 6.73. The largest absolute Gasteiger partial charge is 0.471 e. The van der Waals surface area contributed by atoms with E-state index in [1.165, 1.54) is 0 Å². The van der Waals surface area contributed by atoms with Crippen LogP contribution in [0.2, 0.25) is 5.02 Å². The predicted molar refractivity (Wildman–Crippen MR) is 83.6 cm³/mol. The fraction of sp³-hybridized carbons (Fsp3) is 0.500. The van der Waals surface area contributed by atoms with E-state index in [1.807, 2.05) is 23.5 Å². The lowest BCUT2D eigenvalue weighted by Crippen LogP contribution is -2.49. The van der Waals surface area contributed by atoms with Gasteiger partial charge in [0.15, 0.2) is 0 Å². The molecule has 0 aliphatic carbocycles. The van der Waals surface area contributed by atoms with E-state index >= 15 is 0 Å². The minimum absolute atomic E-state index is 0.0597. The number of benzene rings is 1. The molecule has 1 N–H and O–H groups in total. The van der Waals surface area contributed by atoms with Crippen molar-refractivity contribution in [2.24, 2.45) is 0 Å². The molecule has 0 aromatic heterocycles. The number of amides is 2. The van der Waals surface area contributed by atoms with Gasteiger partial charge < -0.3 is 10.2 Å². The number of hydrogen-bond donors (Lipinski definition) is 1. The standard InChI is InChI=1S/C16H18ClF3N2O2/c17-13-4-2-1-3-11(13)5-6-14(23)22-9-7-12(8-10-22)21-15(24)16(18,19)20/h1-4,12H,5-10H2,(H,21,24). The summed E-state index contributed by atoms with van der Waals surface area (Å²) in [7, 11) is 0. The number of nitrogens with one attached hydrogen (secondary N) is 1. The summed E-state index contributed by atoms with van der Waals surface area (Å²) in [4.78, 5) is 24.7. The van der Waals surface area contributed by atoms with Crippen molar-refractivity contribution in [1.29, 1.82) is 0 Å². The number of aryl methyl sites for hydroxylation is 1. The molecule has 1 aromatic rings. The number of hydrogen-bond acceptors (Lipinski definition) is 2. The van der Waals surface area contributed by atoms with Crippen LogP contribution >= 0.6 is 11.6 Å². The van der Waals surface area contributed by atoms with Gasteiger partial charge >= 0.3 is 12.1 Å². The number of piperidine rings is 1. The molecule has 132 valence electrons. The summed E-state index contributed by atoms with van der Waals surface area (Å²) in [5.41, 5.74) is 0.889. The van der Waals surface area contributed by atoms with Crippen molar-refractivity contribution in [2.45, 2.75) is 37.9 Å². The summed E-state index contributed by atoms with van der Waals surface area (Å²) in [5, 5.41) is 2.57. The van der Waals surface area contributed by atoms with Crippen LogP contribution in [0.5, 0.6) is 0 Å². The minimum Gasteiger partial charge on any atom is -0.345 e. The van der Waals surface area contributed by atoms with Crippen molar-refractivity contribution in [3.8, 4) is 0 Å². The molecular weight excluding hydrogens is 345 g/mol. The number of halogens is 4. The highest BCUT2D eigenvalue weighted by Gasteiger charge is 2.40. The van der Waals surface area contributed by atoms with Gasteiger partial charge in [0.05, 0.1) is 0 Å². The first-order valence-corrected chi connectivity index (χ1v) is 8.04. The first kappa shape index (κ1) is 18.6. The zero-order chi connectivity index (χ0) is 17.7. The van der Waals surface area contributed by atoms with E-state index in [2.05, 4.69) is 0 Å². The summed E-state index contributed by atoms with van der Waals surface area (Å²) < 4.78 is 36.6.